The van der Waals surface area contributed by atoms with Gasteiger partial charge in [-0.1, -0.05) is 25.1 Å². The Kier molecular flexibility index (Phi) is 5.15. The first kappa shape index (κ1) is 14.9. The third-order valence-electron chi connectivity index (χ3n) is 4.45. The quantitative estimate of drug-likeness (QED) is 0.885. The van der Waals surface area contributed by atoms with Crippen molar-refractivity contribution in [1.29, 1.82) is 0 Å². The van der Waals surface area contributed by atoms with Crippen molar-refractivity contribution in [3.8, 4) is 0 Å². The Hall–Kier alpha value is -1.06. The van der Waals surface area contributed by atoms with E-state index in [1.54, 1.807) is 0 Å². The molecule has 1 aromatic heterocycles. The predicted molar refractivity (Wildman–Crippen MR) is 92.8 cm³/mol. The van der Waals surface area contributed by atoms with Gasteiger partial charge in [0.1, 0.15) is 0 Å². The van der Waals surface area contributed by atoms with Crippen molar-refractivity contribution in [2.75, 3.05) is 18.1 Å². The molecular formula is C18H24N2S. The molecular weight excluding hydrogens is 276 g/mol. The molecule has 0 radical (unpaired) electrons. The summed E-state index contributed by atoms with van der Waals surface area (Å²) in [4.78, 5) is 4.25. The standard InChI is InChI=1S/C18H24N2S/c1-2-20-18(12-14-7-10-21-11-8-14)17-5-3-4-15-13-19-9-6-16(15)17/h3-6,9,13-14,18,20H,2,7-8,10-12H2,1H3. The van der Waals surface area contributed by atoms with Crippen molar-refractivity contribution in [2.45, 2.75) is 32.2 Å². The fourth-order valence-electron chi connectivity index (χ4n) is 3.33. The molecule has 1 saturated heterocycles. The van der Waals surface area contributed by atoms with Crippen molar-refractivity contribution in [1.82, 2.24) is 10.3 Å². The molecule has 0 saturated carbocycles. The first-order chi connectivity index (χ1) is 10.4. The number of aromatic nitrogens is 1. The van der Waals surface area contributed by atoms with Crippen molar-refractivity contribution in [2.24, 2.45) is 5.92 Å². The molecule has 1 aromatic carbocycles. The maximum atomic E-state index is 4.25. The molecule has 21 heavy (non-hydrogen) atoms. The number of nitrogens with zero attached hydrogens (tertiary/aromatic N) is 1. The maximum absolute atomic E-state index is 4.25. The molecule has 1 unspecified atom stereocenters. The molecule has 112 valence electrons. The fourth-order valence-corrected chi connectivity index (χ4v) is 4.54. The van der Waals surface area contributed by atoms with E-state index >= 15 is 0 Å². The van der Waals surface area contributed by atoms with E-state index < -0.39 is 0 Å². The van der Waals surface area contributed by atoms with Crippen LogP contribution < -0.4 is 5.32 Å². The van der Waals surface area contributed by atoms with Crippen LogP contribution in [0.15, 0.2) is 36.7 Å². The average molecular weight is 300 g/mol. The second-order valence-corrected chi connectivity index (χ2v) is 7.07. The molecule has 1 atom stereocenters. The molecule has 1 aliphatic rings. The van der Waals surface area contributed by atoms with E-state index in [0.717, 1.165) is 12.5 Å². The molecule has 2 heterocycles. The second-order valence-electron chi connectivity index (χ2n) is 5.85. The third kappa shape index (κ3) is 3.58. The summed E-state index contributed by atoms with van der Waals surface area (Å²) in [7, 11) is 0. The largest absolute Gasteiger partial charge is 0.310 e. The van der Waals surface area contributed by atoms with Gasteiger partial charge in [-0.2, -0.15) is 11.8 Å². The highest BCUT2D eigenvalue weighted by molar-refractivity contribution is 7.99. The summed E-state index contributed by atoms with van der Waals surface area (Å²) in [6, 6.07) is 9.24. The minimum atomic E-state index is 0.467. The minimum Gasteiger partial charge on any atom is -0.310 e. The van der Waals surface area contributed by atoms with Gasteiger partial charge in [-0.3, -0.25) is 4.98 Å². The number of fused-ring (bicyclic) bond motifs is 1. The van der Waals surface area contributed by atoms with Gasteiger partial charge in [0.2, 0.25) is 0 Å². The van der Waals surface area contributed by atoms with E-state index in [1.165, 1.54) is 47.1 Å². The summed E-state index contributed by atoms with van der Waals surface area (Å²) in [6.45, 7) is 3.23. The van der Waals surface area contributed by atoms with Gasteiger partial charge in [0, 0.05) is 23.8 Å². The van der Waals surface area contributed by atoms with Crippen LogP contribution in [0.25, 0.3) is 10.8 Å². The van der Waals surface area contributed by atoms with E-state index in [1.807, 2.05) is 12.4 Å². The lowest BCUT2D eigenvalue weighted by molar-refractivity contribution is 0.376. The molecule has 2 aromatic rings. The topological polar surface area (TPSA) is 24.9 Å². The lowest BCUT2D eigenvalue weighted by Crippen LogP contribution is -2.25. The summed E-state index contributed by atoms with van der Waals surface area (Å²) < 4.78 is 0. The SMILES string of the molecule is CCNC(CC1CCSCC1)c1cccc2cnccc12. The number of hydrogen-bond acceptors (Lipinski definition) is 3. The highest BCUT2D eigenvalue weighted by Crippen LogP contribution is 2.33. The van der Waals surface area contributed by atoms with Crippen molar-refractivity contribution in [3.63, 3.8) is 0 Å². The van der Waals surface area contributed by atoms with E-state index in [4.69, 9.17) is 0 Å². The molecule has 1 fully saturated rings. The van der Waals surface area contributed by atoms with Gasteiger partial charge in [-0.25, -0.2) is 0 Å². The Morgan fingerprint density at radius 2 is 2.14 bits per heavy atom. The Morgan fingerprint density at radius 1 is 1.29 bits per heavy atom. The van der Waals surface area contributed by atoms with Gasteiger partial charge >= 0.3 is 0 Å². The normalized spacial score (nSPS) is 18.0. The van der Waals surface area contributed by atoms with Crippen molar-refractivity contribution < 1.29 is 0 Å². The zero-order valence-corrected chi connectivity index (χ0v) is 13.5. The number of nitrogens with one attached hydrogen (secondary N) is 1. The second kappa shape index (κ2) is 7.28. The molecule has 0 amide bonds. The van der Waals surface area contributed by atoms with Crippen LogP contribution in [-0.2, 0) is 0 Å². The van der Waals surface area contributed by atoms with Gasteiger partial charge in [0.15, 0.2) is 0 Å². The summed E-state index contributed by atoms with van der Waals surface area (Å²) in [5.74, 6) is 3.54. The summed E-state index contributed by atoms with van der Waals surface area (Å²) in [5, 5.41) is 6.31. The third-order valence-corrected chi connectivity index (χ3v) is 5.50. The Bertz CT molecular complexity index is 573. The first-order valence-electron chi connectivity index (χ1n) is 8.02. The number of pyridine rings is 1. The molecule has 0 bridgehead atoms. The van der Waals surface area contributed by atoms with E-state index in [-0.39, 0.29) is 0 Å². The molecule has 2 nitrogen and oxygen atoms in total. The Balaban J connectivity index is 1.87. The zero-order valence-electron chi connectivity index (χ0n) is 12.7. The maximum Gasteiger partial charge on any atom is 0.0346 e. The van der Waals surface area contributed by atoms with Crippen LogP contribution in [0, 0.1) is 5.92 Å². The van der Waals surface area contributed by atoms with E-state index in [9.17, 15) is 0 Å². The van der Waals surface area contributed by atoms with Crippen LogP contribution in [0.1, 0.15) is 37.8 Å². The summed E-state index contributed by atoms with van der Waals surface area (Å²) >= 11 is 2.11. The van der Waals surface area contributed by atoms with Crippen molar-refractivity contribution in [3.05, 3.63) is 42.2 Å². The molecule has 1 aliphatic heterocycles. The van der Waals surface area contributed by atoms with Gasteiger partial charge in [0.25, 0.3) is 0 Å². The Morgan fingerprint density at radius 3 is 2.95 bits per heavy atom. The number of rotatable bonds is 5. The zero-order chi connectivity index (χ0) is 14.5. The summed E-state index contributed by atoms with van der Waals surface area (Å²) in [5.41, 5.74) is 1.44. The van der Waals surface area contributed by atoms with Crippen LogP contribution in [-0.4, -0.2) is 23.0 Å². The van der Waals surface area contributed by atoms with Crippen molar-refractivity contribution >= 4 is 22.5 Å². The molecule has 0 spiro atoms. The van der Waals surface area contributed by atoms with Gasteiger partial charge in [0.05, 0.1) is 0 Å². The highest BCUT2D eigenvalue weighted by atomic mass is 32.2. The van der Waals surface area contributed by atoms with Gasteiger partial charge in [-0.15, -0.1) is 0 Å². The number of thioether (sulfide) groups is 1. The average Bonchev–Trinajstić information content (AvgIpc) is 2.55. The van der Waals surface area contributed by atoms with Crippen LogP contribution in [0.4, 0.5) is 0 Å². The first-order valence-corrected chi connectivity index (χ1v) is 9.17. The van der Waals surface area contributed by atoms with E-state index in [2.05, 4.69) is 53.3 Å². The molecule has 3 rings (SSSR count). The van der Waals surface area contributed by atoms with Crippen LogP contribution >= 0.6 is 11.8 Å². The predicted octanol–water partition coefficient (Wildman–Crippen LogP) is 4.42. The lowest BCUT2D eigenvalue weighted by atomic mass is 9.89. The van der Waals surface area contributed by atoms with Gasteiger partial charge in [-0.05, 0) is 60.2 Å². The lowest BCUT2D eigenvalue weighted by Gasteiger charge is -2.28. The number of benzene rings is 1. The molecule has 3 heteroatoms. The number of hydrogen-bond donors (Lipinski definition) is 1. The van der Waals surface area contributed by atoms with Crippen LogP contribution in [0.3, 0.4) is 0 Å². The van der Waals surface area contributed by atoms with Gasteiger partial charge < -0.3 is 5.32 Å². The monoisotopic (exact) mass is 300 g/mol. The van der Waals surface area contributed by atoms with Crippen LogP contribution in [0.5, 0.6) is 0 Å². The Labute approximate surface area is 131 Å². The smallest absolute Gasteiger partial charge is 0.0346 e. The molecule has 0 aliphatic carbocycles. The minimum absolute atomic E-state index is 0.467. The van der Waals surface area contributed by atoms with E-state index in [0.29, 0.717) is 6.04 Å². The van der Waals surface area contributed by atoms with Crippen LogP contribution in [0.2, 0.25) is 0 Å². The highest BCUT2D eigenvalue weighted by Gasteiger charge is 2.21. The molecule has 1 N–H and O–H groups in total. The fraction of sp³-hybridized carbons (Fsp3) is 0.500. The summed E-state index contributed by atoms with van der Waals surface area (Å²) in [6.07, 6.45) is 7.89.